The van der Waals surface area contributed by atoms with Gasteiger partial charge in [-0.25, -0.2) is 0 Å². The molecule has 0 aliphatic rings. The molecule has 3 nitrogen and oxygen atoms in total. The van der Waals surface area contributed by atoms with Crippen molar-refractivity contribution in [3.63, 3.8) is 0 Å². The van der Waals surface area contributed by atoms with Gasteiger partial charge in [0, 0.05) is 11.8 Å². The molecule has 1 aromatic heterocycles. The zero-order valence-corrected chi connectivity index (χ0v) is 10.6. The van der Waals surface area contributed by atoms with Crippen molar-refractivity contribution in [2.75, 3.05) is 7.11 Å². The third-order valence-electron chi connectivity index (χ3n) is 2.85. The van der Waals surface area contributed by atoms with Gasteiger partial charge in [-0.2, -0.15) is 0 Å². The molecule has 1 heterocycles. The van der Waals surface area contributed by atoms with E-state index in [1.54, 1.807) is 19.5 Å². The summed E-state index contributed by atoms with van der Waals surface area (Å²) in [5, 5.41) is 0. The van der Waals surface area contributed by atoms with Crippen LogP contribution in [0.2, 0.25) is 0 Å². The topological polar surface area (TPSA) is 48.1 Å². The zero-order chi connectivity index (χ0) is 13.0. The first-order valence-corrected chi connectivity index (χ1v) is 5.74. The van der Waals surface area contributed by atoms with Crippen molar-refractivity contribution in [2.45, 2.75) is 6.92 Å². The van der Waals surface area contributed by atoms with Crippen LogP contribution in [0.3, 0.4) is 0 Å². The molecule has 92 valence electrons. The van der Waals surface area contributed by atoms with Gasteiger partial charge in [-0.1, -0.05) is 0 Å². The smallest absolute Gasteiger partial charge is 0.118 e. The summed E-state index contributed by atoms with van der Waals surface area (Å²) in [6.07, 6.45) is 3.40. The average molecular weight is 240 g/mol. The van der Waals surface area contributed by atoms with E-state index >= 15 is 0 Å². The van der Waals surface area contributed by atoms with Crippen LogP contribution in [0.25, 0.3) is 16.8 Å². The first-order valence-electron chi connectivity index (χ1n) is 5.74. The van der Waals surface area contributed by atoms with Crippen molar-refractivity contribution < 1.29 is 4.74 Å². The molecule has 2 aromatic rings. The Labute approximate surface area is 107 Å². The molecule has 0 aliphatic carbocycles. The Morgan fingerprint density at radius 1 is 1.22 bits per heavy atom. The normalized spacial score (nSPS) is 11.3. The van der Waals surface area contributed by atoms with Gasteiger partial charge in [0.1, 0.15) is 5.75 Å². The summed E-state index contributed by atoms with van der Waals surface area (Å²) in [4.78, 5) is 4.37. The van der Waals surface area contributed by atoms with Gasteiger partial charge in [0.15, 0.2) is 0 Å². The van der Waals surface area contributed by atoms with Gasteiger partial charge in [0.25, 0.3) is 0 Å². The van der Waals surface area contributed by atoms with E-state index in [4.69, 9.17) is 10.5 Å². The molecule has 0 amide bonds. The first-order chi connectivity index (χ1) is 8.74. The van der Waals surface area contributed by atoms with Gasteiger partial charge in [0.05, 0.1) is 12.8 Å². The lowest BCUT2D eigenvalue weighted by Crippen LogP contribution is -1.89. The van der Waals surface area contributed by atoms with Crippen LogP contribution >= 0.6 is 0 Å². The SMILES string of the molecule is COc1ccc(-c2cc(C(C)=CN)ccn2)cc1. The third-order valence-corrected chi connectivity index (χ3v) is 2.85. The van der Waals surface area contributed by atoms with Crippen LogP contribution in [0, 0.1) is 0 Å². The number of hydrogen-bond acceptors (Lipinski definition) is 3. The van der Waals surface area contributed by atoms with Crippen molar-refractivity contribution in [3.05, 3.63) is 54.4 Å². The summed E-state index contributed by atoms with van der Waals surface area (Å²) in [7, 11) is 1.66. The largest absolute Gasteiger partial charge is 0.497 e. The van der Waals surface area contributed by atoms with Crippen LogP contribution in [0.1, 0.15) is 12.5 Å². The molecule has 0 bridgehead atoms. The molecule has 18 heavy (non-hydrogen) atoms. The maximum absolute atomic E-state index is 5.53. The molecule has 2 rings (SSSR count). The van der Waals surface area contributed by atoms with E-state index in [2.05, 4.69) is 4.98 Å². The van der Waals surface area contributed by atoms with E-state index in [9.17, 15) is 0 Å². The fourth-order valence-corrected chi connectivity index (χ4v) is 1.69. The number of allylic oxidation sites excluding steroid dienone is 1. The van der Waals surface area contributed by atoms with E-state index in [1.807, 2.05) is 43.3 Å². The Balaban J connectivity index is 2.38. The van der Waals surface area contributed by atoms with Crippen molar-refractivity contribution in [2.24, 2.45) is 5.73 Å². The van der Waals surface area contributed by atoms with Gasteiger partial charge < -0.3 is 10.5 Å². The Bertz CT molecular complexity index is 559. The predicted octanol–water partition coefficient (Wildman–Crippen LogP) is 3.08. The van der Waals surface area contributed by atoms with Gasteiger partial charge in [0.2, 0.25) is 0 Å². The van der Waals surface area contributed by atoms with E-state index in [1.165, 1.54) is 0 Å². The second-order valence-electron chi connectivity index (χ2n) is 4.01. The van der Waals surface area contributed by atoms with Gasteiger partial charge in [-0.05, 0) is 60.7 Å². The van der Waals surface area contributed by atoms with Crippen molar-refractivity contribution in [1.29, 1.82) is 0 Å². The monoisotopic (exact) mass is 240 g/mol. The predicted molar refractivity (Wildman–Crippen MR) is 74.1 cm³/mol. The molecule has 0 spiro atoms. The molecule has 0 aliphatic heterocycles. The number of ether oxygens (including phenoxy) is 1. The number of aromatic nitrogens is 1. The molecule has 0 radical (unpaired) electrons. The number of benzene rings is 1. The highest BCUT2D eigenvalue weighted by atomic mass is 16.5. The second-order valence-corrected chi connectivity index (χ2v) is 4.01. The minimum absolute atomic E-state index is 0.841. The number of hydrogen-bond donors (Lipinski definition) is 1. The first kappa shape index (κ1) is 12.2. The van der Waals surface area contributed by atoms with E-state index in [0.717, 1.165) is 28.1 Å². The van der Waals surface area contributed by atoms with Gasteiger partial charge in [-0.3, -0.25) is 4.98 Å². The average Bonchev–Trinajstić information content (AvgIpc) is 2.46. The summed E-state index contributed by atoms with van der Waals surface area (Å²) in [6.45, 7) is 1.98. The fourth-order valence-electron chi connectivity index (χ4n) is 1.69. The molecule has 1 aromatic carbocycles. The summed E-state index contributed by atoms with van der Waals surface area (Å²) >= 11 is 0. The zero-order valence-electron chi connectivity index (χ0n) is 10.6. The van der Waals surface area contributed by atoms with Crippen LogP contribution in [0.15, 0.2) is 48.8 Å². The van der Waals surface area contributed by atoms with Crippen LogP contribution in [0.4, 0.5) is 0 Å². The van der Waals surface area contributed by atoms with E-state index < -0.39 is 0 Å². The third kappa shape index (κ3) is 2.51. The summed E-state index contributed by atoms with van der Waals surface area (Å²) in [5.74, 6) is 0.841. The Kier molecular flexibility index (Phi) is 3.63. The molecular formula is C15H16N2O. The number of nitrogens with two attached hydrogens (primary N) is 1. The molecule has 0 saturated heterocycles. The number of methoxy groups -OCH3 is 1. The lowest BCUT2D eigenvalue weighted by Gasteiger charge is -2.06. The summed E-state index contributed by atoms with van der Waals surface area (Å²) < 4.78 is 5.14. The van der Waals surface area contributed by atoms with Crippen LogP contribution in [0.5, 0.6) is 5.75 Å². The van der Waals surface area contributed by atoms with Crippen molar-refractivity contribution in [3.8, 4) is 17.0 Å². The highest BCUT2D eigenvalue weighted by Gasteiger charge is 2.02. The standard InChI is InChI=1S/C15H16N2O/c1-11(10-16)13-7-8-17-15(9-13)12-3-5-14(18-2)6-4-12/h3-10H,16H2,1-2H3. The molecule has 3 heteroatoms. The molecule has 0 fully saturated rings. The van der Waals surface area contributed by atoms with E-state index in [-0.39, 0.29) is 0 Å². The molecule has 2 N–H and O–H groups in total. The van der Waals surface area contributed by atoms with Crippen molar-refractivity contribution in [1.82, 2.24) is 4.98 Å². The van der Waals surface area contributed by atoms with Crippen LogP contribution in [-0.4, -0.2) is 12.1 Å². The van der Waals surface area contributed by atoms with Crippen LogP contribution in [-0.2, 0) is 0 Å². The summed E-state index contributed by atoms with van der Waals surface area (Å²) in [6, 6.07) is 11.8. The lowest BCUT2D eigenvalue weighted by atomic mass is 10.1. The Hall–Kier alpha value is -2.29. The maximum atomic E-state index is 5.53. The molecular weight excluding hydrogens is 224 g/mol. The Morgan fingerprint density at radius 3 is 2.56 bits per heavy atom. The highest BCUT2D eigenvalue weighted by Crippen LogP contribution is 2.23. The molecule has 0 atom stereocenters. The molecule has 0 unspecified atom stereocenters. The maximum Gasteiger partial charge on any atom is 0.118 e. The molecule has 0 saturated carbocycles. The van der Waals surface area contributed by atoms with Crippen LogP contribution < -0.4 is 10.5 Å². The highest BCUT2D eigenvalue weighted by molar-refractivity contribution is 5.69. The van der Waals surface area contributed by atoms with E-state index in [0.29, 0.717) is 0 Å². The minimum atomic E-state index is 0.841. The Morgan fingerprint density at radius 2 is 1.94 bits per heavy atom. The van der Waals surface area contributed by atoms with Gasteiger partial charge >= 0.3 is 0 Å². The summed E-state index contributed by atoms with van der Waals surface area (Å²) in [5.41, 5.74) is 9.63. The minimum Gasteiger partial charge on any atom is -0.497 e. The van der Waals surface area contributed by atoms with Gasteiger partial charge in [-0.15, -0.1) is 0 Å². The lowest BCUT2D eigenvalue weighted by molar-refractivity contribution is 0.415. The number of pyridine rings is 1. The quantitative estimate of drug-likeness (QED) is 0.896. The fraction of sp³-hybridized carbons (Fsp3) is 0.133. The second kappa shape index (κ2) is 5.36. The van der Waals surface area contributed by atoms with Crippen molar-refractivity contribution >= 4 is 5.57 Å². The number of nitrogens with zero attached hydrogens (tertiary/aromatic N) is 1. The number of rotatable bonds is 3.